The molecule has 1 amide bonds. The molecule has 0 radical (unpaired) electrons. The molecule has 0 aliphatic carbocycles. The van der Waals surface area contributed by atoms with Gasteiger partial charge in [0.15, 0.2) is 6.61 Å². The van der Waals surface area contributed by atoms with Crippen molar-refractivity contribution in [2.45, 2.75) is 13.3 Å². The molecule has 0 aliphatic rings. The second-order valence-electron chi connectivity index (χ2n) is 5.56. The second kappa shape index (κ2) is 7.40. The van der Waals surface area contributed by atoms with E-state index in [-0.39, 0.29) is 18.1 Å². The Morgan fingerprint density at radius 1 is 1.16 bits per heavy atom. The summed E-state index contributed by atoms with van der Waals surface area (Å²) in [5.74, 6) is 0.276. The molecule has 0 saturated carbocycles. The predicted octanol–water partition coefficient (Wildman–Crippen LogP) is 3.76. The van der Waals surface area contributed by atoms with E-state index in [0.29, 0.717) is 22.0 Å². The molecule has 3 rings (SSSR count). The highest BCUT2D eigenvalue weighted by molar-refractivity contribution is 6.30. The van der Waals surface area contributed by atoms with Gasteiger partial charge >= 0.3 is 0 Å². The first-order chi connectivity index (χ1) is 12.0. The third kappa shape index (κ3) is 4.19. The van der Waals surface area contributed by atoms with Crippen LogP contribution in [0.5, 0.6) is 5.75 Å². The number of pyridine rings is 1. The number of fused-ring (bicyclic) bond motifs is 1. The molecule has 0 aliphatic heterocycles. The lowest BCUT2D eigenvalue weighted by Crippen LogP contribution is -2.20. The summed E-state index contributed by atoms with van der Waals surface area (Å²) in [7, 11) is 0. The Bertz CT molecular complexity index is 965. The Morgan fingerprint density at radius 2 is 1.92 bits per heavy atom. The number of halogens is 1. The topological polar surface area (TPSA) is 71.2 Å². The molecule has 3 aromatic rings. The maximum atomic E-state index is 12.0. The Labute approximate surface area is 149 Å². The minimum Gasteiger partial charge on any atom is -0.484 e. The average molecular weight is 357 g/mol. The number of carbonyl (C=O) groups excluding carboxylic acids is 1. The van der Waals surface area contributed by atoms with E-state index in [2.05, 4.69) is 10.3 Å². The van der Waals surface area contributed by atoms with Crippen molar-refractivity contribution >= 4 is 34.1 Å². The van der Waals surface area contributed by atoms with E-state index in [9.17, 15) is 9.59 Å². The first kappa shape index (κ1) is 17.0. The number of aromatic nitrogens is 1. The standard InChI is InChI=1S/C19H17ClN2O3/c1-2-12-9-18(23)22-17-10-14(5-8-16(12)17)21-19(24)11-25-15-6-3-13(20)4-7-15/h3-10H,2,11H2,1H3,(H,21,24)(H,22,23). The summed E-state index contributed by atoms with van der Waals surface area (Å²) >= 11 is 5.80. The molecule has 0 unspecified atom stereocenters. The van der Waals surface area contributed by atoms with Crippen LogP contribution >= 0.6 is 11.6 Å². The molecule has 1 heterocycles. The number of aromatic amines is 1. The fourth-order valence-electron chi connectivity index (χ4n) is 2.58. The van der Waals surface area contributed by atoms with E-state index in [4.69, 9.17) is 16.3 Å². The van der Waals surface area contributed by atoms with Gasteiger partial charge in [-0.25, -0.2) is 0 Å². The summed E-state index contributed by atoms with van der Waals surface area (Å²) in [6, 6.07) is 13.8. The molecule has 128 valence electrons. The third-order valence-corrected chi connectivity index (χ3v) is 4.03. The van der Waals surface area contributed by atoms with Crippen molar-refractivity contribution in [2.75, 3.05) is 11.9 Å². The number of aryl methyl sites for hydroxylation is 1. The molecule has 2 N–H and O–H groups in total. The van der Waals surface area contributed by atoms with Crippen molar-refractivity contribution in [1.82, 2.24) is 4.98 Å². The summed E-state index contributed by atoms with van der Waals surface area (Å²) < 4.78 is 5.41. The molecule has 5 nitrogen and oxygen atoms in total. The number of rotatable bonds is 5. The molecule has 25 heavy (non-hydrogen) atoms. The van der Waals surface area contributed by atoms with Crippen molar-refractivity contribution in [2.24, 2.45) is 0 Å². The number of H-pyrrole nitrogens is 1. The van der Waals surface area contributed by atoms with Crippen molar-refractivity contribution in [3.8, 4) is 5.75 Å². The lowest BCUT2D eigenvalue weighted by molar-refractivity contribution is -0.118. The number of ether oxygens (including phenoxy) is 1. The van der Waals surface area contributed by atoms with E-state index in [1.165, 1.54) is 0 Å². The first-order valence-electron chi connectivity index (χ1n) is 7.89. The quantitative estimate of drug-likeness (QED) is 0.731. The molecule has 0 fully saturated rings. The van der Waals surface area contributed by atoms with E-state index in [1.54, 1.807) is 42.5 Å². The molecule has 2 aromatic carbocycles. The highest BCUT2D eigenvalue weighted by atomic mass is 35.5. The minimum absolute atomic E-state index is 0.120. The lowest BCUT2D eigenvalue weighted by atomic mass is 10.1. The maximum absolute atomic E-state index is 12.0. The first-order valence-corrected chi connectivity index (χ1v) is 8.27. The van der Waals surface area contributed by atoms with Gasteiger partial charge in [0.1, 0.15) is 5.75 Å². The zero-order valence-corrected chi connectivity index (χ0v) is 14.4. The largest absolute Gasteiger partial charge is 0.484 e. The van der Waals surface area contributed by atoms with Crippen molar-refractivity contribution in [3.05, 3.63) is 69.5 Å². The van der Waals surface area contributed by atoms with Crippen LogP contribution in [0, 0.1) is 0 Å². The molecule has 0 bridgehead atoms. The Kier molecular flexibility index (Phi) is 5.05. The Balaban J connectivity index is 1.70. The average Bonchev–Trinajstić information content (AvgIpc) is 2.60. The van der Waals surface area contributed by atoms with E-state index in [1.807, 2.05) is 13.0 Å². The number of anilines is 1. The lowest BCUT2D eigenvalue weighted by Gasteiger charge is -2.09. The number of carbonyl (C=O) groups is 1. The van der Waals surface area contributed by atoms with E-state index in [0.717, 1.165) is 17.4 Å². The van der Waals surface area contributed by atoms with Crippen LogP contribution in [0.1, 0.15) is 12.5 Å². The highest BCUT2D eigenvalue weighted by Gasteiger charge is 2.07. The van der Waals surface area contributed by atoms with Gasteiger partial charge in [0.05, 0.1) is 5.52 Å². The van der Waals surface area contributed by atoms with Crippen molar-refractivity contribution in [3.63, 3.8) is 0 Å². The van der Waals surface area contributed by atoms with Crippen LogP contribution in [0.3, 0.4) is 0 Å². The molecular weight excluding hydrogens is 340 g/mol. The summed E-state index contributed by atoms with van der Waals surface area (Å²) in [6.07, 6.45) is 0.765. The summed E-state index contributed by atoms with van der Waals surface area (Å²) in [6.45, 7) is 1.88. The zero-order valence-electron chi connectivity index (χ0n) is 13.6. The highest BCUT2D eigenvalue weighted by Crippen LogP contribution is 2.20. The minimum atomic E-state index is -0.289. The molecule has 6 heteroatoms. The van der Waals surface area contributed by atoms with Gasteiger partial charge in [-0.1, -0.05) is 24.6 Å². The number of hydrogen-bond acceptors (Lipinski definition) is 3. The second-order valence-corrected chi connectivity index (χ2v) is 6.00. The van der Waals surface area contributed by atoms with Gasteiger partial charge in [0.2, 0.25) is 5.56 Å². The van der Waals surface area contributed by atoms with Crippen LogP contribution in [0.25, 0.3) is 10.9 Å². The molecule has 0 spiro atoms. The molecular formula is C19H17ClN2O3. The van der Waals surface area contributed by atoms with E-state index < -0.39 is 0 Å². The number of amides is 1. The van der Waals surface area contributed by atoms with Crippen molar-refractivity contribution < 1.29 is 9.53 Å². The van der Waals surface area contributed by atoms with Crippen molar-refractivity contribution in [1.29, 1.82) is 0 Å². The van der Waals surface area contributed by atoms with E-state index >= 15 is 0 Å². The van der Waals surface area contributed by atoms with Gasteiger partial charge in [-0.15, -0.1) is 0 Å². The third-order valence-electron chi connectivity index (χ3n) is 3.78. The Morgan fingerprint density at radius 3 is 2.64 bits per heavy atom. The number of nitrogens with one attached hydrogen (secondary N) is 2. The number of benzene rings is 2. The molecule has 0 saturated heterocycles. The number of hydrogen-bond donors (Lipinski definition) is 2. The fourth-order valence-corrected chi connectivity index (χ4v) is 2.71. The normalized spacial score (nSPS) is 10.6. The van der Waals surface area contributed by atoms with Crippen LogP contribution in [0.4, 0.5) is 5.69 Å². The smallest absolute Gasteiger partial charge is 0.262 e. The van der Waals surface area contributed by atoms with Gasteiger partial charge in [-0.05, 0) is 48.4 Å². The van der Waals surface area contributed by atoms with Gasteiger partial charge in [-0.3, -0.25) is 9.59 Å². The summed E-state index contributed by atoms with van der Waals surface area (Å²) in [5, 5.41) is 4.34. The predicted molar refractivity (Wildman–Crippen MR) is 99.5 cm³/mol. The van der Waals surface area contributed by atoms with Crippen LogP contribution in [-0.4, -0.2) is 17.5 Å². The van der Waals surface area contributed by atoms with Gasteiger partial charge < -0.3 is 15.0 Å². The van der Waals surface area contributed by atoms with Crippen LogP contribution in [-0.2, 0) is 11.2 Å². The SMILES string of the molecule is CCc1cc(=O)[nH]c2cc(NC(=O)COc3ccc(Cl)cc3)ccc12. The summed E-state index contributed by atoms with van der Waals surface area (Å²) in [5.41, 5.74) is 2.11. The van der Waals surface area contributed by atoms with Gasteiger partial charge in [-0.2, -0.15) is 0 Å². The van der Waals surface area contributed by atoms with Crippen LogP contribution < -0.4 is 15.6 Å². The zero-order chi connectivity index (χ0) is 17.8. The summed E-state index contributed by atoms with van der Waals surface area (Å²) in [4.78, 5) is 26.5. The fraction of sp³-hybridized carbons (Fsp3) is 0.158. The van der Waals surface area contributed by atoms with Crippen LogP contribution in [0.2, 0.25) is 5.02 Å². The monoisotopic (exact) mass is 356 g/mol. The maximum Gasteiger partial charge on any atom is 0.262 e. The van der Waals surface area contributed by atoms with Gasteiger partial charge in [0.25, 0.3) is 5.91 Å². The van der Waals surface area contributed by atoms with Crippen LogP contribution in [0.15, 0.2) is 53.3 Å². The molecule has 0 atom stereocenters. The Hall–Kier alpha value is -2.79. The van der Waals surface area contributed by atoms with Gasteiger partial charge in [0, 0.05) is 22.2 Å². The molecule has 1 aromatic heterocycles.